The largest absolute Gasteiger partial charge is 0.418 e. The molecule has 0 saturated carbocycles. The van der Waals surface area contributed by atoms with Crippen LogP contribution in [0.2, 0.25) is 0 Å². The van der Waals surface area contributed by atoms with E-state index in [1.54, 1.807) is 0 Å². The summed E-state index contributed by atoms with van der Waals surface area (Å²) >= 11 is 8.45. The van der Waals surface area contributed by atoms with E-state index in [1.807, 2.05) is 5.32 Å². The summed E-state index contributed by atoms with van der Waals surface area (Å²) in [6.45, 7) is 0. The first-order chi connectivity index (χ1) is 13.6. The number of non-ortho nitro benzene ring substituents is 1. The molecule has 0 atom stereocenters. The van der Waals surface area contributed by atoms with E-state index in [9.17, 15) is 46.6 Å². The van der Waals surface area contributed by atoms with E-state index in [0.717, 1.165) is 0 Å². The molecule has 0 amide bonds. The third-order valence-corrected chi connectivity index (χ3v) is 7.03. The van der Waals surface area contributed by atoms with Crippen molar-refractivity contribution < 1.29 is 36.2 Å². The Morgan fingerprint density at radius 1 is 0.767 bits per heavy atom. The molecule has 0 fully saturated rings. The third kappa shape index (κ3) is 4.85. The quantitative estimate of drug-likeness (QED) is 0.162. The molecule has 0 heterocycles. The molecule has 2 rings (SSSR count). The van der Waals surface area contributed by atoms with E-state index >= 15 is 0 Å². The van der Waals surface area contributed by atoms with E-state index in [1.165, 1.54) is 0 Å². The van der Waals surface area contributed by atoms with Crippen LogP contribution in [0.4, 0.5) is 49.1 Å². The van der Waals surface area contributed by atoms with Gasteiger partial charge in [-0.1, -0.05) is 0 Å². The Kier molecular flexibility index (Phi) is 6.73. The molecule has 162 valence electrons. The second-order valence-electron chi connectivity index (χ2n) is 5.44. The summed E-state index contributed by atoms with van der Waals surface area (Å²) in [4.78, 5) is 19.5. The van der Waals surface area contributed by atoms with Crippen LogP contribution in [0, 0.1) is 20.2 Å². The van der Waals surface area contributed by atoms with Crippen LogP contribution in [0.15, 0.2) is 31.6 Å². The van der Waals surface area contributed by atoms with Gasteiger partial charge in [0.1, 0.15) is 5.69 Å². The summed E-state index contributed by atoms with van der Waals surface area (Å²) in [6, 6.07) is 0.732. The van der Waals surface area contributed by atoms with E-state index in [4.69, 9.17) is 0 Å². The first-order valence-electron chi connectivity index (χ1n) is 7.11. The lowest BCUT2D eigenvalue weighted by Crippen LogP contribution is -2.13. The Hall–Kier alpha value is -1.94. The van der Waals surface area contributed by atoms with Crippen LogP contribution in [-0.2, 0) is 12.4 Å². The summed E-state index contributed by atoms with van der Waals surface area (Å²) in [5.74, 6) is 0. The Morgan fingerprint density at radius 2 is 1.30 bits per heavy atom. The van der Waals surface area contributed by atoms with Gasteiger partial charge in [-0.15, -0.1) is 0 Å². The minimum Gasteiger partial charge on any atom is -0.348 e. The van der Waals surface area contributed by atoms with E-state index in [0.29, 0.717) is 6.07 Å². The first-order valence-corrected chi connectivity index (χ1v) is 9.49. The van der Waals surface area contributed by atoms with Gasteiger partial charge in [0.15, 0.2) is 0 Å². The van der Waals surface area contributed by atoms with Crippen molar-refractivity contribution >= 4 is 70.5 Å². The average molecular weight is 632 g/mol. The Bertz CT molecular complexity index is 1060. The molecule has 0 aliphatic carbocycles. The van der Waals surface area contributed by atoms with Crippen LogP contribution in [0.25, 0.3) is 0 Å². The Morgan fingerprint density at radius 3 is 1.73 bits per heavy atom. The number of rotatable bonds is 4. The molecule has 0 spiro atoms. The molecular formula is C14H4Br3F6N3O4. The second-order valence-corrected chi connectivity index (χ2v) is 7.81. The maximum atomic E-state index is 13.5. The minimum absolute atomic E-state index is 0.0435. The fraction of sp³-hybridized carbons (Fsp3) is 0.143. The highest BCUT2D eigenvalue weighted by atomic mass is 79.9. The topological polar surface area (TPSA) is 98.3 Å². The normalized spacial score (nSPS) is 12.0. The fourth-order valence-corrected chi connectivity index (χ4v) is 3.89. The summed E-state index contributed by atoms with van der Waals surface area (Å²) < 4.78 is 79.2. The van der Waals surface area contributed by atoms with Gasteiger partial charge in [0.2, 0.25) is 0 Å². The molecule has 2 aromatic carbocycles. The summed E-state index contributed by atoms with van der Waals surface area (Å²) in [7, 11) is 0. The number of alkyl halides is 6. The zero-order valence-electron chi connectivity index (χ0n) is 13.7. The van der Waals surface area contributed by atoms with Gasteiger partial charge in [-0.25, -0.2) is 0 Å². The summed E-state index contributed by atoms with van der Waals surface area (Å²) in [6.07, 6.45) is -10.2. The lowest BCUT2D eigenvalue weighted by Gasteiger charge is -2.19. The number of halogens is 9. The molecule has 0 saturated heterocycles. The molecule has 0 radical (unpaired) electrons. The van der Waals surface area contributed by atoms with Crippen molar-refractivity contribution in [2.45, 2.75) is 12.4 Å². The summed E-state index contributed by atoms with van der Waals surface area (Å²) in [5.41, 5.74) is -7.54. The number of nitrogens with one attached hydrogen (secondary N) is 1. The van der Waals surface area contributed by atoms with Crippen LogP contribution in [0.3, 0.4) is 0 Å². The highest BCUT2D eigenvalue weighted by Crippen LogP contribution is 2.48. The predicted octanol–water partition coefficient (Wildman–Crippen LogP) is 7.57. The molecule has 0 bridgehead atoms. The number of anilines is 2. The molecule has 16 heteroatoms. The Balaban J connectivity index is 2.85. The maximum Gasteiger partial charge on any atom is 0.418 e. The van der Waals surface area contributed by atoms with Crippen molar-refractivity contribution in [2.75, 3.05) is 5.32 Å². The molecule has 7 nitrogen and oxygen atoms in total. The Labute approximate surface area is 187 Å². The van der Waals surface area contributed by atoms with Gasteiger partial charge >= 0.3 is 12.4 Å². The predicted molar refractivity (Wildman–Crippen MR) is 103 cm³/mol. The van der Waals surface area contributed by atoms with Crippen LogP contribution in [-0.4, -0.2) is 9.85 Å². The molecule has 2 aromatic rings. The molecule has 30 heavy (non-hydrogen) atoms. The summed E-state index contributed by atoms with van der Waals surface area (Å²) in [5, 5.41) is 24.1. The number of hydrogen-bond donors (Lipinski definition) is 1. The van der Waals surface area contributed by atoms with Crippen LogP contribution >= 0.6 is 47.8 Å². The molecule has 1 N–H and O–H groups in total. The van der Waals surface area contributed by atoms with Gasteiger partial charge in [0.25, 0.3) is 11.4 Å². The smallest absolute Gasteiger partial charge is 0.348 e. The molecule has 0 unspecified atom stereocenters. The van der Waals surface area contributed by atoms with Crippen LogP contribution < -0.4 is 5.32 Å². The first kappa shape index (κ1) is 24.3. The zero-order chi connectivity index (χ0) is 23.2. The van der Waals surface area contributed by atoms with E-state index in [2.05, 4.69) is 47.8 Å². The zero-order valence-corrected chi connectivity index (χ0v) is 18.4. The van der Waals surface area contributed by atoms with Gasteiger partial charge in [-0.05, 0) is 53.9 Å². The van der Waals surface area contributed by atoms with Crippen molar-refractivity contribution in [3.63, 3.8) is 0 Å². The minimum atomic E-state index is -5.30. The molecule has 0 aliphatic rings. The number of benzene rings is 2. The molecule has 0 aliphatic heterocycles. The fourth-order valence-electron chi connectivity index (χ4n) is 2.25. The van der Waals surface area contributed by atoms with Gasteiger partial charge < -0.3 is 5.32 Å². The second kappa shape index (κ2) is 8.30. The number of nitro benzene ring substituents is 2. The van der Waals surface area contributed by atoms with Crippen molar-refractivity contribution in [2.24, 2.45) is 0 Å². The lowest BCUT2D eigenvalue weighted by molar-refractivity contribution is -0.394. The van der Waals surface area contributed by atoms with E-state index < -0.39 is 60.5 Å². The van der Waals surface area contributed by atoms with Crippen molar-refractivity contribution in [3.8, 4) is 0 Å². The van der Waals surface area contributed by atoms with Gasteiger partial charge in [-0.2, -0.15) is 26.3 Å². The monoisotopic (exact) mass is 629 g/mol. The third-order valence-electron chi connectivity index (χ3n) is 3.53. The highest BCUT2D eigenvalue weighted by molar-refractivity contribution is 9.14. The van der Waals surface area contributed by atoms with Gasteiger partial charge in [-0.3, -0.25) is 20.2 Å². The lowest BCUT2D eigenvalue weighted by atomic mass is 10.1. The average Bonchev–Trinajstić information content (AvgIpc) is 2.59. The SMILES string of the molecule is O=[N+]([O-])c1cc([N+](=O)[O-])c(Nc2cc(C(F)(F)F)c(Br)c(Br)c2Br)c(C(F)(F)F)c1. The number of hydrogen-bond acceptors (Lipinski definition) is 5. The van der Waals surface area contributed by atoms with Crippen molar-refractivity contribution in [1.29, 1.82) is 0 Å². The molecular weight excluding hydrogens is 628 g/mol. The maximum absolute atomic E-state index is 13.5. The standard InChI is InChI=1S/C14H4Br3F6N3O4/c15-9-5(13(18,19)20)3-7(10(16)11(9)17)24-12-6(14(21,22)23)1-4(25(27)28)2-8(12)26(29)30/h1-3,24H. The number of nitrogens with zero attached hydrogens (tertiary/aromatic N) is 2. The van der Waals surface area contributed by atoms with Crippen LogP contribution in [0.1, 0.15) is 11.1 Å². The van der Waals surface area contributed by atoms with Crippen LogP contribution in [0.5, 0.6) is 0 Å². The van der Waals surface area contributed by atoms with Crippen molar-refractivity contribution in [1.82, 2.24) is 0 Å². The van der Waals surface area contributed by atoms with Crippen molar-refractivity contribution in [3.05, 3.63) is 63.0 Å². The number of nitro groups is 2. The van der Waals surface area contributed by atoms with E-state index in [-0.39, 0.29) is 21.1 Å². The molecule has 0 aromatic heterocycles. The highest BCUT2D eigenvalue weighted by Gasteiger charge is 2.41. The van der Waals surface area contributed by atoms with Gasteiger partial charge in [0, 0.05) is 15.0 Å². The van der Waals surface area contributed by atoms with Gasteiger partial charge in [0.05, 0.1) is 37.2 Å².